The van der Waals surface area contributed by atoms with Gasteiger partial charge in [0.1, 0.15) is 0 Å². The summed E-state index contributed by atoms with van der Waals surface area (Å²) in [5.41, 5.74) is 0.671. The topological polar surface area (TPSA) is 97.2 Å². The first kappa shape index (κ1) is 25.1. The predicted octanol–water partition coefficient (Wildman–Crippen LogP) is 3.03. The van der Waals surface area contributed by atoms with Crippen molar-refractivity contribution in [3.05, 3.63) is 36.9 Å². The zero-order chi connectivity index (χ0) is 23.0. The van der Waals surface area contributed by atoms with Crippen LogP contribution in [0.1, 0.15) is 27.7 Å². The highest BCUT2D eigenvalue weighted by Gasteiger charge is 2.23. The Balaban J connectivity index is 2.39. The van der Waals surface area contributed by atoms with Crippen LogP contribution in [0.5, 0.6) is 0 Å². The lowest BCUT2D eigenvalue weighted by Gasteiger charge is -2.19. The van der Waals surface area contributed by atoms with Crippen LogP contribution < -0.4 is 5.32 Å². The van der Waals surface area contributed by atoms with Crippen LogP contribution in [0.4, 0.5) is 0 Å². The average Bonchev–Trinajstić information content (AvgIpc) is 3.13. The summed E-state index contributed by atoms with van der Waals surface area (Å²) in [5.74, 6) is 0.990. The minimum absolute atomic E-state index is 0.113. The van der Waals surface area contributed by atoms with E-state index in [9.17, 15) is 13.2 Å². The molecule has 8 nitrogen and oxygen atoms in total. The van der Waals surface area contributed by atoms with Gasteiger partial charge in [0.15, 0.2) is 11.0 Å². The third kappa shape index (κ3) is 6.41. The van der Waals surface area contributed by atoms with Gasteiger partial charge in [-0.3, -0.25) is 4.79 Å². The van der Waals surface area contributed by atoms with Crippen molar-refractivity contribution in [3.8, 4) is 11.4 Å². The third-order valence-corrected chi connectivity index (χ3v) is 7.49. The number of benzene rings is 1. The van der Waals surface area contributed by atoms with Crippen LogP contribution in [0, 0.1) is 5.92 Å². The van der Waals surface area contributed by atoms with Crippen LogP contribution in [-0.2, 0) is 21.4 Å². The summed E-state index contributed by atoms with van der Waals surface area (Å²) in [6.45, 7) is 13.2. The number of sulfonamides is 1. The fourth-order valence-electron chi connectivity index (χ4n) is 3.01. The molecule has 1 heterocycles. The van der Waals surface area contributed by atoms with Gasteiger partial charge in [0.2, 0.25) is 15.9 Å². The molecule has 0 saturated carbocycles. The second-order valence-electron chi connectivity index (χ2n) is 7.31. The Kier molecular flexibility index (Phi) is 9.27. The van der Waals surface area contributed by atoms with Gasteiger partial charge < -0.3 is 9.88 Å². The second kappa shape index (κ2) is 11.4. The molecule has 0 unspecified atom stereocenters. The van der Waals surface area contributed by atoms with Gasteiger partial charge in [-0.05, 0) is 18.1 Å². The normalized spacial score (nSPS) is 11.8. The quantitative estimate of drug-likeness (QED) is 0.382. The SMILES string of the molecule is C=CCNC(=O)CSc1nnc(-c2cccc(S(=O)(=O)N(CC)CC)c2)n1CC(C)C. The van der Waals surface area contributed by atoms with E-state index >= 15 is 0 Å². The molecular formula is C21H31N5O3S2. The Morgan fingerprint density at radius 1 is 1.29 bits per heavy atom. The highest BCUT2D eigenvalue weighted by atomic mass is 32.2. The number of hydrogen-bond acceptors (Lipinski definition) is 6. The number of carbonyl (C=O) groups is 1. The standard InChI is InChI=1S/C21H31N5O3S2/c1-6-12-22-19(27)15-30-21-24-23-20(26(21)14-16(4)5)17-10-9-11-18(13-17)31(28,29)25(7-2)8-3/h6,9-11,13,16H,1,7-8,12,14-15H2,2-5H3,(H,22,27). The maximum absolute atomic E-state index is 12.9. The highest BCUT2D eigenvalue weighted by molar-refractivity contribution is 7.99. The first-order valence-corrected chi connectivity index (χ1v) is 12.7. The van der Waals surface area contributed by atoms with Crippen LogP contribution in [0.25, 0.3) is 11.4 Å². The lowest BCUT2D eigenvalue weighted by atomic mass is 10.2. The van der Waals surface area contributed by atoms with E-state index in [0.29, 0.717) is 48.6 Å². The molecule has 1 aromatic carbocycles. The summed E-state index contributed by atoms with van der Waals surface area (Å²) < 4.78 is 29.2. The lowest BCUT2D eigenvalue weighted by molar-refractivity contribution is -0.118. The molecule has 0 fully saturated rings. The van der Waals surface area contributed by atoms with Crippen molar-refractivity contribution in [3.63, 3.8) is 0 Å². The van der Waals surface area contributed by atoms with Gasteiger partial charge in [0, 0.05) is 31.7 Å². The number of carbonyl (C=O) groups excluding carboxylic acids is 1. The number of aromatic nitrogens is 3. The average molecular weight is 466 g/mol. The molecule has 170 valence electrons. The Morgan fingerprint density at radius 3 is 2.61 bits per heavy atom. The summed E-state index contributed by atoms with van der Waals surface area (Å²) in [4.78, 5) is 12.2. The fourth-order valence-corrected chi connectivity index (χ4v) is 5.30. The van der Waals surface area contributed by atoms with Crippen molar-refractivity contribution in [2.45, 2.75) is 44.3 Å². The molecule has 0 aliphatic heterocycles. The molecule has 0 saturated heterocycles. The summed E-state index contributed by atoms with van der Waals surface area (Å²) in [6, 6.07) is 6.78. The van der Waals surface area contributed by atoms with Gasteiger partial charge in [0.25, 0.3) is 0 Å². The molecule has 1 amide bonds. The highest BCUT2D eigenvalue weighted by Crippen LogP contribution is 2.27. The third-order valence-electron chi connectivity index (χ3n) is 4.48. The largest absolute Gasteiger partial charge is 0.352 e. The van der Waals surface area contributed by atoms with Crippen molar-refractivity contribution < 1.29 is 13.2 Å². The van der Waals surface area contributed by atoms with Gasteiger partial charge in [-0.1, -0.05) is 57.7 Å². The van der Waals surface area contributed by atoms with Crippen LogP contribution >= 0.6 is 11.8 Å². The number of nitrogens with zero attached hydrogens (tertiary/aromatic N) is 4. The van der Waals surface area contributed by atoms with E-state index in [1.807, 2.05) is 24.5 Å². The van der Waals surface area contributed by atoms with E-state index in [0.717, 1.165) is 0 Å². The van der Waals surface area contributed by atoms with Crippen LogP contribution in [0.15, 0.2) is 47.0 Å². The Hall–Kier alpha value is -2.17. The maximum Gasteiger partial charge on any atom is 0.243 e. The van der Waals surface area contributed by atoms with E-state index in [1.54, 1.807) is 24.3 Å². The zero-order valence-corrected chi connectivity index (χ0v) is 20.2. The minimum Gasteiger partial charge on any atom is -0.352 e. The van der Waals surface area contributed by atoms with E-state index in [1.165, 1.54) is 16.1 Å². The van der Waals surface area contributed by atoms with E-state index < -0.39 is 10.0 Å². The van der Waals surface area contributed by atoms with Gasteiger partial charge in [0.05, 0.1) is 10.6 Å². The number of rotatable bonds is 12. The van der Waals surface area contributed by atoms with Crippen molar-refractivity contribution in [1.29, 1.82) is 0 Å². The van der Waals surface area contributed by atoms with E-state index in [4.69, 9.17) is 0 Å². The maximum atomic E-state index is 12.9. The monoisotopic (exact) mass is 465 g/mol. The lowest BCUT2D eigenvalue weighted by Crippen LogP contribution is -2.30. The number of nitrogens with one attached hydrogen (secondary N) is 1. The summed E-state index contributed by atoms with van der Waals surface area (Å²) in [7, 11) is -3.58. The smallest absolute Gasteiger partial charge is 0.243 e. The van der Waals surface area contributed by atoms with E-state index in [2.05, 4.69) is 35.9 Å². The van der Waals surface area contributed by atoms with Crippen molar-refractivity contribution >= 4 is 27.7 Å². The Morgan fingerprint density at radius 2 is 2.00 bits per heavy atom. The first-order valence-electron chi connectivity index (χ1n) is 10.3. The Bertz CT molecular complexity index is 998. The molecule has 1 aromatic heterocycles. The molecule has 0 spiro atoms. The fraction of sp³-hybridized carbons (Fsp3) is 0.476. The molecule has 0 bridgehead atoms. The van der Waals surface area contributed by atoms with Gasteiger partial charge in [-0.25, -0.2) is 8.42 Å². The van der Waals surface area contributed by atoms with E-state index in [-0.39, 0.29) is 16.6 Å². The molecule has 0 radical (unpaired) electrons. The van der Waals surface area contributed by atoms with Crippen molar-refractivity contribution in [2.24, 2.45) is 5.92 Å². The molecule has 0 atom stereocenters. The number of thioether (sulfide) groups is 1. The summed E-state index contributed by atoms with van der Waals surface area (Å²) in [6.07, 6.45) is 1.63. The molecule has 0 aliphatic rings. The summed E-state index contributed by atoms with van der Waals surface area (Å²) in [5, 5.41) is 12.0. The first-order chi connectivity index (χ1) is 14.7. The number of amides is 1. The molecular weight excluding hydrogens is 434 g/mol. The molecule has 0 aliphatic carbocycles. The summed E-state index contributed by atoms with van der Waals surface area (Å²) >= 11 is 1.30. The van der Waals surface area contributed by atoms with Crippen molar-refractivity contribution in [1.82, 2.24) is 24.4 Å². The van der Waals surface area contributed by atoms with Gasteiger partial charge >= 0.3 is 0 Å². The Labute approximate surface area is 189 Å². The second-order valence-corrected chi connectivity index (χ2v) is 10.2. The predicted molar refractivity (Wildman–Crippen MR) is 124 cm³/mol. The van der Waals surface area contributed by atoms with Crippen molar-refractivity contribution in [2.75, 3.05) is 25.4 Å². The van der Waals surface area contributed by atoms with Gasteiger partial charge in [-0.2, -0.15) is 4.31 Å². The van der Waals surface area contributed by atoms with Gasteiger partial charge in [-0.15, -0.1) is 16.8 Å². The van der Waals surface area contributed by atoms with Crippen LogP contribution in [-0.4, -0.2) is 58.8 Å². The minimum atomic E-state index is -3.58. The van der Waals surface area contributed by atoms with Crippen LogP contribution in [0.3, 0.4) is 0 Å². The molecule has 31 heavy (non-hydrogen) atoms. The van der Waals surface area contributed by atoms with Crippen LogP contribution in [0.2, 0.25) is 0 Å². The molecule has 2 aromatic rings. The molecule has 2 rings (SSSR count). The molecule has 10 heteroatoms. The zero-order valence-electron chi connectivity index (χ0n) is 18.5. The molecule has 1 N–H and O–H groups in total. The number of hydrogen-bond donors (Lipinski definition) is 1.